The highest BCUT2D eigenvalue weighted by molar-refractivity contribution is 5.96. The van der Waals surface area contributed by atoms with Crippen LogP contribution in [0.15, 0.2) is 48.5 Å². The molecule has 0 unspecified atom stereocenters. The molecule has 0 aromatic heterocycles. The third-order valence-corrected chi connectivity index (χ3v) is 5.87. The Kier molecular flexibility index (Phi) is 6.33. The largest absolute Gasteiger partial charge is 0.335 e. The van der Waals surface area contributed by atoms with Gasteiger partial charge < -0.3 is 16.0 Å². The number of urea groups is 1. The molecule has 3 N–H and O–H groups in total. The summed E-state index contributed by atoms with van der Waals surface area (Å²) in [5.74, 6) is 0.218. The minimum Gasteiger partial charge on any atom is -0.335 e. The van der Waals surface area contributed by atoms with E-state index in [4.69, 9.17) is 0 Å². The van der Waals surface area contributed by atoms with Crippen LogP contribution in [-0.4, -0.2) is 36.0 Å². The number of hydrogen-bond acceptors (Lipinski definition) is 3. The van der Waals surface area contributed by atoms with Gasteiger partial charge in [-0.05, 0) is 55.9 Å². The number of likely N-dealkylation sites (tertiary alicyclic amines) is 1. The van der Waals surface area contributed by atoms with E-state index in [0.717, 1.165) is 62.3 Å². The summed E-state index contributed by atoms with van der Waals surface area (Å²) in [7, 11) is 0. The molecule has 2 fully saturated rings. The molecule has 0 radical (unpaired) electrons. The lowest BCUT2D eigenvalue weighted by molar-refractivity contribution is -0.117. The number of nitrogens with zero attached hydrogens (tertiary/aromatic N) is 1. The Morgan fingerprint density at radius 2 is 1.70 bits per heavy atom. The zero-order valence-corrected chi connectivity index (χ0v) is 17.5. The lowest BCUT2D eigenvalue weighted by Gasteiger charge is -2.32. The maximum atomic E-state index is 12.5. The van der Waals surface area contributed by atoms with Crippen molar-refractivity contribution in [3.05, 3.63) is 59.7 Å². The summed E-state index contributed by atoms with van der Waals surface area (Å²) in [6.45, 7) is 4.85. The van der Waals surface area contributed by atoms with E-state index in [1.165, 1.54) is 5.56 Å². The van der Waals surface area contributed by atoms with Crippen LogP contribution < -0.4 is 16.0 Å². The summed E-state index contributed by atoms with van der Waals surface area (Å²) >= 11 is 0. The first-order valence-electron chi connectivity index (χ1n) is 10.8. The fraction of sp³-hybridized carbons (Fsp3) is 0.417. The molecule has 1 saturated heterocycles. The van der Waals surface area contributed by atoms with E-state index in [1.807, 2.05) is 31.2 Å². The Labute approximate surface area is 178 Å². The van der Waals surface area contributed by atoms with Crippen molar-refractivity contribution >= 4 is 23.3 Å². The summed E-state index contributed by atoms with van der Waals surface area (Å²) in [5, 5.41) is 8.99. The summed E-state index contributed by atoms with van der Waals surface area (Å²) in [6.07, 6.45) is 3.82. The minimum absolute atomic E-state index is 0.0662. The third-order valence-electron chi connectivity index (χ3n) is 5.87. The molecular formula is C24H30N4O2. The van der Waals surface area contributed by atoms with Crippen molar-refractivity contribution in [2.24, 2.45) is 5.92 Å². The lowest BCUT2D eigenvalue weighted by Crippen LogP contribution is -2.45. The predicted octanol–water partition coefficient (Wildman–Crippen LogP) is 4.13. The number of anilines is 2. The molecule has 1 saturated carbocycles. The van der Waals surface area contributed by atoms with Gasteiger partial charge in [-0.15, -0.1) is 0 Å². The Morgan fingerprint density at radius 1 is 0.967 bits per heavy atom. The van der Waals surface area contributed by atoms with Gasteiger partial charge >= 0.3 is 6.03 Å². The number of rotatable bonds is 6. The van der Waals surface area contributed by atoms with E-state index in [9.17, 15) is 9.59 Å². The average Bonchev–Trinajstić information content (AvgIpc) is 3.58. The Balaban J connectivity index is 1.25. The molecule has 3 amide bonds. The number of carbonyl (C=O) groups is 2. The molecule has 1 aliphatic carbocycles. The number of amides is 3. The minimum atomic E-state index is -0.190. The number of aryl methyl sites for hydroxylation is 1. The van der Waals surface area contributed by atoms with Gasteiger partial charge in [-0.1, -0.05) is 36.4 Å². The van der Waals surface area contributed by atoms with E-state index >= 15 is 0 Å². The standard InChI is InChI=1S/C24H30N4O2/c1-17-7-10-21(25-23(29)19-8-9-19)15-22(17)27-24(30)26-20-11-13-28(14-12-20)16-18-5-3-2-4-6-18/h2-7,10,15,19-20H,8-9,11-14,16H2,1H3,(H,25,29)(H2,26,27,30). The highest BCUT2D eigenvalue weighted by Crippen LogP contribution is 2.30. The average molecular weight is 407 g/mol. The van der Waals surface area contributed by atoms with Crippen molar-refractivity contribution in [3.63, 3.8) is 0 Å². The van der Waals surface area contributed by atoms with Gasteiger partial charge in [-0.25, -0.2) is 4.79 Å². The first kappa shape index (κ1) is 20.4. The molecule has 0 atom stereocenters. The molecule has 2 aliphatic rings. The second-order valence-electron chi connectivity index (χ2n) is 8.43. The van der Waals surface area contributed by atoms with Crippen molar-refractivity contribution in [2.75, 3.05) is 23.7 Å². The van der Waals surface area contributed by atoms with Crippen LogP contribution >= 0.6 is 0 Å². The molecule has 1 aliphatic heterocycles. The van der Waals surface area contributed by atoms with E-state index in [0.29, 0.717) is 0 Å². The SMILES string of the molecule is Cc1ccc(NC(=O)C2CC2)cc1NC(=O)NC1CCN(Cc2ccccc2)CC1. The van der Waals surface area contributed by atoms with Crippen molar-refractivity contribution in [3.8, 4) is 0 Å². The first-order valence-corrected chi connectivity index (χ1v) is 10.8. The van der Waals surface area contributed by atoms with E-state index in [1.54, 1.807) is 0 Å². The van der Waals surface area contributed by atoms with Crippen LogP contribution in [-0.2, 0) is 11.3 Å². The van der Waals surface area contributed by atoms with Gasteiger partial charge in [0.05, 0.1) is 0 Å². The maximum Gasteiger partial charge on any atom is 0.319 e. The van der Waals surface area contributed by atoms with E-state index < -0.39 is 0 Å². The van der Waals surface area contributed by atoms with Crippen LogP contribution in [0.25, 0.3) is 0 Å². The van der Waals surface area contributed by atoms with Gasteiger partial charge in [0.2, 0.25) is 5.91 Å². The van der Waals surface area contributed by atoms with Gasteiger partial charge in [0, 0.05) is 43.0 Å². The Hall–Kier alpha value is -2.86. The summed E-state index contributed by atoms with van der Waals surface area (Å²) in [5.41, 5.74) is 3.74. The number of piperidine rings is 1. The first-order chi connectivity index (χ1) is 14.6. The topological polar surface area (TPSA) is 73.5 Å². The number of benzene rings is 2. The van der Waals surface area contributed by atoms with E-state index in [-0.39, 0.29) is 23.9 Å². The third kappa shape index (κ3) is 5.60. The van der Waals surface area contributed by atoms with Gasteiger partial charge in [-0.2, -0.15) is 0 Å². The summed E-state index contributed by atoms with van der Waals surface area (Å²) in [4.78, 5) is 26.9. The highest BCUT2D eigenvalue weighted by Gasteiger charge is 2.29. The molecule has 6 heteroatoms. The smallest absolute Gasteiger partial charge is 0.319 e. The molecule has 1 heterocycles. The molecule has 2 aromatic rings. The molecule has 2 aromatic carbocycles. The quantitative estimate of drug-likeness (QED) is 0.675. The summed E-state index contributed by atoms with van der Waals surface area (Å²) in [6, 6.07) is 16.1. The normalized spacial score (nSPS) is 17.4. The zero-order chi connectivity index (χ0) is 20.9. The maximum absolute atomic E-state index is 12.5. The number of hydrogen-bond donors (Lipinski definition) is 3. The van der Waals surface area contributed by atoms with Crippen molar-refractivity contribution in [2.45, 2.75) is 45.2 Å². The fourth-order valence-corrected chi connectivity index (χ4v) is 3.85. The monoisotopic (exact) mass is 406 g/mol. The molecule has 0 bridgehead atoms. The van der Waals surface area contributed by atoms with E-state index in [2.05, 4.69) is 45.1 Å². The molecule has 158 valence electrons. The number of carbonyl (C=O) groups excluding carboxylic acids is 2. The summed E-state index contributed by atoms with van der Waals surface area (Å²) < 4.78 is 0. The lowest BCUT2D eigenvalue weighted by atomic mass is 10.0. The van der Waals surface area contributed by atoms with Crippen molar-refractivity contribution < 1.29 is 9.59 Å². The van der Waals surface area contributed by atoms with Crippen molar-refractivity contribution in [1.29, 1.82) is 0 Å². The second-order valence-corrected chi connectivity index (χ2v) is 8.43. The van der Waals surface area contributed by atoms with Crippen LogP contribution in [0.2, 0.25) is 0 Å². The van der Waals surface area contributed by atoms with Crippen LogP contribution in [0.5, 0.6) is 0 Å². The molecule has 4 rings (SSSR count). The Morgan fingerprint density at radius 3 is 2.40 bits per heavy atom. The van der Waals surface area contributed by atoms with Gasteiger partial charge in [0.15, 0.2) is 0 Å². The molecule has 6 nitrogen and oxygen atoms in total. The van der Waals surface area contributed by atoms with Crippen LogP contribution in [0.4, 0.5) is 16.2 Å². The van der Waals surface area contributed by atoms with Crippen LogP contribution in [0.1, 0.15) is 36.8 Å². The number of nitrogens with one attached hydrogen (secondary N) is 3. The van der Waals surface area contributed by atoms with Gasteiger partial charge in [-0.3, -0.25) is 9.69 Å². The predicted molar refractivity (Wildman–Crippen MR) is 119 cm³/mol. The fourth-order valence-electron chi connectivity index (χ4n) is 3.85. The highest BCUT2D eigenvalue weighted by atomic mass is 16.2. The Bertz CT molecular complexity index is 887. The van der Waals surface area contributed by atoms with Crippen LogP contribution in [0.3, 0.4) is 0 Å². The molecular weight excluding hydrogens is 376 g/mol. The van der Waals surface area contributed by atoms with Gasteiger partial charge in [0.25, 0.3) is 0 Å². The van der Waals surface area contributed by atoms with Crippen molar-refractivity contribution in [1.82, 2.24) is 10.2 Å². The second kappa shape index (κ2) is 9.30. The molecule has 30 heavy (non-hydrogen) atoms. The molecule has 0 spiro atoms. The zero-order valence-electron chi connectivity index (χ0n) is 17.5. The van der Waals surface area contributed by atoms with Gasteiger partial charge in [0.1, 0.15) is 0 Å². The van der Waals surface area contributed by atoms with Crippen LogP contribution in [0, 0.1) is 12.8 Å².